The van der Waals surface area contributed by atoms with E-state index in [4.69, 9.17) is 34.8 Å². The minimum absolute atomic E-state index is 0.214. The van der Waals surface area contributed by atoms with Crippen LogP contribution >= 0.6 is 34.8 Å². The van der Waals surface area contributed by atoms with Crippen molar-refractivity contribution in [2.24, 2.45) is 0 Å². The van der Waals surface area contributed by atoms with Crippen LogP contribution in [0.25, 0.3) is 11.3 Å². The number of nitrogens with zero attached hydrogens (tertiary/aromatic N) is 4. The summed E-state index contributed by atoms with van der Waals surface area (Å²) in [5, 5.41) is 12.7. The zero-order chi connectivity index (χ0) is 18.8. The summed E-state index contributed by atoms with van der Waals surface area (Å²) < 4.78 is 1.76. The molecule has 0 atom stereocenters. The maximum Gasteiger partial charge on any atom is 0.271 e. The van der Waals surface area contributed by atoms with Gasteiger partial charge < -0.3 is 4.90 Å². The molecule has 3 aromatic rings. The highest BCUT2D eigenvalue weighted by molar-refractivity contribution is 6.36. The van der Waals surface area contributed by atoms with Crippen molar-refractivity contribution in [3.8, 4) is 11.3 Å². The highest BCUT2D eigenvalue weighted by Crippen LogP contribution is 2.29. The first-order valence-electron chi connectivity index (χ1n) is 7.87. The molecule has 0 unspecified atom stereocenters. The van der Waals surface area contributed by atoms with E-state index in [0.29, 0.717) is 45.1 Å². The first kappa shape index (κ1) is 18.8. The molecule has 0 aliphatic heterocycles. The normalized spacial score (nSPS) is 11.0. The molecule has 0 fully saturated rings. The Balaban J connectivity index is 1.80. The average molecular weight is 413 g/mol. The summed E-state index contributed by atoms with van der Waals surface area (Å²) in [5.74, 6) is -0.214. The third-order valence-corrected chi connectivity index (χ3v) is 4.81. The lowest BCUT2D eigenvalue weighted by atomic mass is 10.1. The van der Waals surface area contributed by atoms with E-state index in [0.717, 1.165) is 5.69 Å². The van der Waals surface area contributed by atoms with Crippen LogP contribution in [-0.2, 0) is 13.1 Å². The molecule has 1 amide bonds. The minimum atomic E-state index is -0.214. The van der Waals surface area contributed by atoms with Gasteiger partial charge in [0.1, 0.15) is 5.69 Å². The Morgan fingerprint density at radius 2 is 2.00 bits per heavy atom. The molecule has 0 radical (unpaired) electrons. The van der Waals surface area contributed by atoms with Gasteiger partial charge in [0.2, 0.25) is 0 Å². The fraction of sp³-hybridized carbons (Fsp3) is 0.235. The molecule has 6 nitrogen and oxygen atoms in total. The summed E-state index contributed by atoms with van der Waals surface area (Å²) >= 11 is 18.3. The fourth-order valence-corrected chi connectivity index (χ4v) is 3.29. The standard InChI is InChI=1S/C17H16Cl3N5O/c1-3-25-16(13(20)8-21-25)9-24(2)17(26)15-7-14(22-23-15)11-5-4-10(18)6-12(11)19/h4-8H,3,9H2,1-2H3,(H,22,23). The number of carbonyl (C=O) groups excluding carboxylic acids is 1. The average Bonchev–Trinajstić information content (AvgIpc) is 3.22. The number of H-pyrrole nitrogens is 1. The van der Waals surface area contributed by atoms with Crippen LogP contribution in [0.2, 0.25) is 15.1 Å². The van der Waals surface area contributed by atoms with E-state index in [2.05, 4.69) is 15.3 Å². The Morgan fingerprint density at radius 3 is 2.69 bits per heavy atom. The Morgan fingerprint density at radius 1 is 1.23 bits per heavy atom. The molecular weight excluding hydrogens is 397 g/mol. The number of aryl methyl sites for hydroxylation is 1. The van der Waals surface area contributed by atoms with Gasteiger partial charge in [-0.2, -0.15) is 10.2 Å². The SMILES string of the molecule is CCn1ncc(Cl)c1CN(C)C(=O)c1cc(-c2ccc(Cl)cc2Cl)n[nH]1. The summed E-state index contributed by atoms with van der Waals surface area (Å²) in [5.41, 5.74) is 2.40. The summed E-state index contributed by atoms with van der Waals surface area (Å²) in [6, 6.07) is 6.78. The predicted octanol–water partition coefficient (Wildman–Crippen LogP) is 4.53. The highest BCUT2D eigenvalue weighted by atomic mass is 35.5. The second-order valence-corrected chi connectivity index (χ2v) is 6.96. The van der Waals surface area contributed by atoms with Gasteiger partial charge in [-0.05, 0) is 31.2 Å². The summed E-state index contributed by atoms with van der Waals surface area (Å²) in [4.78, 5) is 14.2. The van der Waals surface area contributed by atoms with Crippen molar-refractivity contribution in [1.82, 2.24) is 24.9 Å². The number of aromatic nitrogens is 4. The Bertz CT molecular complexity index is 950. The predicted molar refractivity (Wildman–Crippen MR) is 103 cm³/mol. The van der Waals surface area contributed by atoms with E-state index < -0.39 is 0 Å². The van der Waals surface area contributed by atoms with E-state index in [1.165, 1.54) is 0 Å². The van der Waals surface area contributed by atoms with Crippen molar-refractivity contribution in [1.29, 1.82) is 0 Å². The molecule has 2 heterocycles. The zero-order valence-corrected chi connectivity index (χ0v) is 16.4. The van der Waals surface area contributed by atoms with Crippen molar-refractivity contribution in [3.05, 3.63) is 56.9 Å². The van der Waals surface area contributed by atoms with Crippen LogP contribution in [0, 0.1) is 0 Å². The van der Waals surface area contributed by atoms with Crippen LogP contribution in [0.4, 0.5) is 0 Å². The van der Waals surface area contributed by atoms with Crippen LogP contribution in [0.15, 0.2) is 30.5 Å². The van der Waals surface area contributed by atoms with Crippen LogP contribution in [0.1, 0.15) is 23.1 Å². The third-order valence-electron chi connectivity index (χ3n) is 3.95. The van der Waals surface area contributed by atoms with Gasteiger partial charge in [-0.15, -0.1) is 0 Å². The van der Waals surface area contributed by atoms with Crippen LogP contribution in [-0.4, -0.2) is 37.8 Å². The van der Waals surface area contributed by atoms with Gasteiger partial charge in [0, 0.05) is 24.2 Å². The Labute approximate surface area is 165 Å². The van der Waals surface area contributed by atoms with E-state index in [1.54, 1.807) is 47.1 Å². The number of amides is 1. The van der Waals surface area contributed by atoms with Crippen molar-refractivity contribution in [2.75, 3.05) is 7.05 Å². The molecule has 1 N–H and O–H groups in total. The largest absolute Gasteiger partial charge is 0.334 e. The van der Waals surface area contributed by atoms with Crippen molar-refractivity contribution < 1.29 is 4.79 Å². The molecule has 1 aromatic carbocycles. The molecule has 136 valence electrons. The Kier molecular flexibility index (Phi) is 5.55. The van der Waals surface area contributed by atoms with Gasteiger partial charge in [0.15, 0.2) is 0 Å². The molecule has 0 aliphatic carbocycles. The summed E-state index contributed by atoms with van der Waals surface area (Å²) in [6.07, 6.45) is 1.58. The van der Waals surface area contributed by atoms with E-state index in [-0.39, 0.29) is 5.91 Å². The van der Waals surface area contributed by atoms with Crippen LogP contribution < -0.4 is 0 Å². The molecular formula is C17H16Cl3N5O. The van der Waals surface area contributed by atoms with E-state index in [9.17, 15) is 4.79 Å². The van der Waals surface area contributed by atoms with Gasteiger partial charge in [0.25, 0.3) is 5.91 Å². The molecule has 0 saturated heterocycles. The number of carbonyl (C=O) groups is 1. The van der Waals surface area contributed by atoms with Gasteiger partial charge >= 0.3 is 0 Å². The molecule has 26 heavy (non-hydrogen) atoms. The second-order valence-electron chi connectivity index (χ2n) is 5.71. The number of nitrogens with one attached hydrogen (secondary N) is 1. The Hall–Kier alpha value is -2.02. The number of halogens is 3. The molecule has 0 bridgehead atoms. The molecule has 2 aromatic heterocycles. The molecule has 0 spiro atoms. The molecule has 3 rings (SSSR count). The van der Waals surface area contributed by atoms with Crippen LogP contribution in [0.3, 0.4) is 0 Å². The number of rotatable bonds is 5. The van der Waals surface area contributed by atoms with Gasteiger partial charge in [0.05, 0.1) is 34.2 Å². The lowest BCUT2D eigenvalue weighted by molar-refractivity contribution is 0.0775. The quantitative estimate of drug-likeness (QED) is 0.669. The van der Waals surface area contributed by atoms with Crippen LogP contribution in [0.5, 0.6) is 0 Å². The van der Waals surface area contributed by atoms with E-state index >= 15 is 0 Å². The third kappa shape index (κ3) is 3.72. The second kappa shape index (κ2) is 7.70. The van der Waals surface area contributed by atoms with Gasteiger partial charge in [-0.25, -0.2) is 0 Å². The monoisotopic (exact) mass is 411 g/mol. The number of hydrogen-bond acceptors (Lipinski definition) is 3. The van der Waals surface area contributed by atoms with Gasteiger partial charge in [-0.1, -0.05) is 34.8 Å². The number of benzene rings is 1. The topological polar surface area (TPSA) is 66.8 Å². The minimum Gasteiger partial charge on any atom is -0.334 e. The summed E-state index contributed by atoms with van der Waals surface area (Å²) in [7, 11) is 1.70. The first-order valence-corrected chi connectivity index (χ1v) is 9.00. The fourth-order valence-electron chi connectivity index (χ4n) is 2.59. The maximum absolute atomic E-state index is 12.7. The first-order chi connectivity index (χ1) is 12.4. The smallest absolute Gasteiger partial charge is 0.271 e. The molecule has 9 heteroatoms. The lowest BCUT2D eigenvalue weighted by Crippen LogP contribution is -2.28. The number of hydrogen-bond donors (Lipinski definition) is 1. The van der Waals surface area contributed by atoms with E-state index in [1.807, 2.05) is 6.92 Å². The lowest BCUT2D eigenvalue weighted by Gasteiger charge is -2.17. The highest BCUT2D eigenvalue weighted by Gasteiger charge is 2.19. The zero-order valence-electron chi connectivity index (χ0n) is 14.1. The van der Waals surface area contributed by atoms with Crippen molar-refractivity contribution in [2.45, 2.75) is 20.0 Å². The summed E-state index contributed by atoms with van der Waals surface area (Å²) in [6.45, 7) is 2.97. The maximum atomic E-state index is 12.7. The van der Waals surface area contributed by atoms with Crippen molar-refractivity contribution >= 4 is 40.7 Å². The van der Waals surface area contributed by atoms with Gasteiger partial charge in [-0.3, -0.25) is 14.6 Å². The molecule has 0 aliphatic rings. The number of aromatic amines is 1. The van der Waals surface area contributed by atoms with Crippen molar-refractivity contribution in [3.63, 3.8) is 0 Å². The molecule has 0 saturated carbocycles.